The van der Waals surface area contributed by atoms with E-state index in [0.29, 0.717) is 10.6 Å². The molecule has 98 valence electrons. The van der Waals surface area contributed by atoms with E-state index in [9.17, 15) is 4.79 Å². The summed E-state index contributed by atoms with van der Waals surface area (Å²) in [5.41, 5.74) is 3.01. The number of anilines is 1. The summed E-state index contributed by atoms with van der Waals surface area (Å²) in [5.74, 6) is 0. The molecule has 0 aliphatic carbocycles. The predicted molar refractivity (Wildman–Crippen MR) is 80.6 cm³/mol. The molecule has 1 aliphatic rings. The molecule has 0 amide bonds. The van der Waals surface area contributed by atoms with Crippen LogP contribution in [0, 0.1) is 0 Å². The zero-order valence-corrected chi connectivity index (χ0v) is 12.2. The van der Waals surface area contributed by atoms with Crippen LogP contribution in [0.3, 0.4) is 0 Å². The maximum atomic E-state index is 11.2. The lowest BCUT2D eigenvalue weighted by atomic mass is 9.99. The Labute approximate surface area is 121 Å². The fourth-order valence-electron chi connectivity index (χ4n) is 2.70. The van der Waals surface area contributed by atoms with E-state index in [2.05, 4.69) is 23.3 Å². The maximum absolute atomic E-state index is 11.2. The number of fused-ring (bicyclic) bond motifs is 1. The van der Waals surface area contributed by atoms with Crippen molar-refractivity contribution in [1.29, 1.82) is 0 Å². The number of nitrogens with zero attached hydrogens (tertiary/aromatic N) is 1. The van der Waals surface area contributed by atoms with E-state index < -0.39 is 0 Å². The van der Waals surface area contributed by atoms with E-state index in [-0.39, 0.29) is 6.04 Å². The van der Waals surface area contributed by atoms with Crippen LogP contribution >= 0.6 is 22.9 Å². The SMILES string of the molecule is CC1c2ccsc2CCN1c1cc(Cl)ccc1C=O. The minimum absolute atomic E-state index is 0.284. The van der Waals surface area contributed by atoms with Gasteiger partial charge in [0, 0.05) is 27.7 Å². The Morgan fingerprint density at radius 1 is 1.42 bits per heavy atom. The third kappa shape index (κ3) is 2.17. The number of thiophene rings is 1. The molecule has 2 heterocycles. The van der Waals surface area contributed by atoms with Crippen LogP contribution < -0.4 is 4.90 Å². The highest BCUT2D eigenvalue weighted by Gasteiger charge is 2.26. The Bertz CT molecular complexity index is 622. The summed E-state index contributed by atoms with van der Waals surface area (Å²) in [4.78, 5) is 14.9. The molecule has 0 N–H and O–H groups in total. The molecule has 1 atom stereocenters. The molecule has 0 radical (unpaired) electrons. The Kier molecular flexibility index (Phi) is 3.33. The molecule has 0 saturated heterocycles. The molecule has 0 spiro atoms. The number of benzene rings is 1. The van der Waals surface area contributed by atoms with Gasteiger partial charge in [0.25, 0.3) is 0 Å². The first-order valence-corrected chi connectivity index (χ1v) is 7.54. The standard InChI is InChI=1S/C15H14ClNOS/c1-10-13-5-7-19-15(13)4-6-17(10)14-8-12(16)3-2-11(14)9-18/h2-3,5,7-10H,4,6H2,1H3. The fourth-order valence-corrected chi connectivity index (χ4v) is 3.83. The quantitative estimate of drug-likeness (QED) is 0.767. The molecular weight excluding hydrogens is 278 g/mol. The summed E-state index contributed by atoms with van der Waals surface area (Å²) < 4.78 is 0. The van der Waals surface area contributed by atoms with Crippen molar-refractivity contribution >= 4 is 34.9 Å². The van der Waals surface area contributed by atoms with Gasteiger partial charge in [0.05, 0.1) is 6.04 Å². The van der Waals surface area contributed by atoms with Gasteiger partial charge in [-0.25, -0.2) is 0 Å². The average Bonchev–Trinajstić information content (AvgIpc) is 2.88. The molecule has 4 heteroatoms. The number of hydrogen-bond acceptors (Lipinski definition) is 3. The van der Waals surface area contributed by atoms with Crippen LogP contribution in [-0.4, -0.2) is 12.8 Å². The summed E-state index contributed by atoms with van der Waals surface area (Å²) in [5, 5.41) is 2.81. The molecule has 0 saturated carbocycles. The van der Waals surface area contributed by atoms with Crippen molar-refractivity contribution in [2.24, 2.45) is 0 Å². The lowest BCUT2D eigenvalue weighted by molar-refractivity contribution is 0.112. The topological polar surface area (TPSA) is 20.3 Å². The van der Waals surface area contributed by atoms with Crippen LogP contribution in [0.25, 0.3) is 0 Å². The van der Waals surface area contributed by atoms with Crippen molar-refractivity contribution in [2.75, 3.05) is 11.4 Å². The van der Waals surface area contributed by atoms with Gasteiger partial charge in [-0.2, -0.15) is 0 Å². The molecule has 2 nitrogen and oxygen atoms in total. The molecular formula is C15H14ClNOS. The van der Waals surface area contributed by atoms with Crippen molar-refractivity contribution in [3.05, 3.63) is 50.7 Å². The van der Waals surface area contributed by atoms with E-state index in [0.717, 1.165) is 24.9 Å². The van der Waals surface area contributed by atoms with Gasteiger partial charge in [-0.05, 0) is 48.6 Å². The zero-order chi connectivity index (χ0) is 13.4. The van der Waals surface area contributed by atoms with Gasteiger partial charge in [0.1, 0.15) is 0 Å². The van der Waals surface area contributed by atoms with Gasteiger partial charge in [0.15, 0.2) is 6.29 Å². The van der Waals surface area contributed by atoms with Crippen molar-refractivity contribution in [1.82, 2.24) is 0 Å². The Balaban J connectivity index is 2.04. The summed E-state index contributed by atoms with van der Waals surface area (Å²) in [6.07, 6.45) is 1.93. The predicted octanol–water partition coefficient (Wildman–Crippen LogP) is 4.34. The number of aldehydes is 1. The number of carbonyl (C=O) groups is 1. The summed E-state index contributed by atoms with van der Waals surface area (Å²) in [6, 6.07) is 7.91. The van der Waals surface area contributed by atoms with E-state index in [1.807, 2.05) is 17.4 Å². The van der Waals surface area contributed by atoms with Crippen molar-refractivity contribution in [3.63, 3.8) is 0 Å². The smallest absolute Gasteiger partial charge is 0.152 e. The molecule has 3 rings (SSSR count). The van der Waals surface area contributed by atoms with E-state index in [4.69, 9.17) is 11.6 Å². The van der Waals surface area contributed by atoms with Crippen molar-refractivity contribution in [2.45, 2.75) is 19.4 Å². The van der Waals surface area contributed by atoms with Crippen LogP contribution in [0.15, 0.2) is 29.6 Å². The highest BCUT2D eigenvalue weighted by atomic mass is 35.5. The van der Waals surface area contributed by atoms with E-state index >= 15 is 0 Å². The number of hydrogen-bond donors (Lipinski definition) is 0. The second-order valence-corrected chi connectivity index (χ2v) is 6.18. The second kappa shape index (κ2) is 4.99. The minimum atomic E-state index is 0.284. The Hall–Kier alpha value is -1.32. The summed E-state index contributed by atoms with van der Waals surface area (Å²) in [7, 11) is 0. The first-order chi connectivity index (χ1) is 9.20. The lowest BCUT2D eigenvalue weighted by Crippen LogP contribution is -2.33. The van der Waals surface area contributed by atoms with Gasteiger partial charge >= 0.3 is 0 Å². The van der Waals surface area contributed by atoms with Crippen LogP contribution in [0.2, 0.25) is 5.02 Å². The molecule has 19 heavy (non-hydrogen) atoms. The largest absolute Gasteiger partial charge is 0.364 e. The van der Waals surface area contributed by atoms with Gasteiger partial charge in [-0.3, -0.25) is 4.79 Å². The molecule has 2 aromatic rings. The summed E-state index contributed by atoms with van der Waals surface area (Å²) in [6.45, 7) is 3.11. The van der Waals surface area contributed by atoms with Crippen LogP contribution in [0.4, 0.5) is 5.69 Å². The van der Waals surface area contributed by atoms with Gasteiger partial charge in [-0.15, -0.1) is 11.3 Å². The van der Waals surface area contributed by atoms with Crippen LogP contribution in [0.5, 0.6) is 0 Å². The van der Waals surface area contributed by atoms with Crippen LogP contribution in [0.1, 0.15) is 33.8 Å². The summed E-state index contributed by atoms with van der Waals surface area (Å²) >= 11 is 7.90. The van der Waals surface area contributed by atoms with Gasteiger partial charge in [-0.1, -0.05) is 11.6 Å². The normalized spacial score (nSPS) is 18.2. The van der Waals surface area contributed by atoms with Crippen molar-refractivity contribution < 1.29 is 4.79 Å². The van der Waals surface area contributed by atoms with Gasteiger partial charge < -0.3 is 4.90 Å². The molecule has 1 aliphatic heterocycles. The number of rotatable bonds is 2. The zero-order valence-electron chi connectivity index (χ0n) is 10.6. The second-order valence-electron chi connectivity index (χ2n) is 4.74. The maximum Gasteiger partial charge on any atom is 0.152 e. The molecule has 1 aromatic carbocycles. The highest BCUT2D eigenvalue weighted by molar-refractivity contribution is 7.10. The van der Waals surface area contributed by atoms with E-state index in [1.54, 1.807) is 12.1 Å². The average molecular weight is 292 g/mol. The first kappa shape index (κ1) is 12.7. The third-order valence-electron chi connectivity index (χ3n) is 3.71. The van der Waals surface area contributed by atoms with Crippen molar-refractivity contribution in [3.8, 4) is 0 Å². The lowest BCUT2D eigenvalue weighted by Gasteiger charge is -2.36. The molecule has 0 fully saturated rings. The Morgan fingerprint density at radius 3 is 3.05 bits per heavy atom. The van der Waals surface area contributed by atoms with Crippen LogP contribution in [-0.2, 0) is 6.42 Å². The number of carbonyl (C=O) groups excluding carboxylic acids is 1. The highest BCUT2D eigenvalue weighted by Crippen LogP contribution is 2.37. The minimum Gasteiger partial charge on any atom is -0.364 e. The third-order valence-corrected chi connectivity index (χ3v) is 4.94. The van der Waals surface area contributed by atoms with Gasteiger partial charge in [0.2, 0.25) is 0 Å². The number of halogens is 1. The van der Waals surface area contributed by atoms with E-state index in [1.165, 1.54) is 10.4 Å². The first-order valence-electron chi connectivity index (χ1n) is 6.28. The molecule has 1 unspecified atom stereocenters. The fraction of sp³-hybridized carbons (Fsp3) is 0.267. The molecule has 0 bridgehead atoms. The molecule has 1 aromatic heterocycles. The monoisotopic (exact) mass is 291 g/mol. The Morgan fingerprint density at radius 2 is 2.26 bits per heavy atom.